The van der Waals surface area contributed by atoms with E-state index >= 15 is 0 Å². The summed E-state index contributed by atoms with van der Waals surface area (Å²) in [5, 5.41) is 2.92. The van der Waals surface area contributed by atoms with Crippen LogP contribution in [0, 0.1) is 5.82 Å². The molecule has 0 unspecified atom stereocenters. The first-order valence-corrected chi connectivity index (χ1v) is 9.25. The number of hydrogen-bond acceptors (Lipinski definition) is 4. The first-order valence-electron chi connectivity index (χ1n) is 8.26. The molecule has 2 aromatic carbocycles. The van der Waals surface area contributed by atoms with Crippen LogP contribution in [0.2, 0.25) is 0 Å². The van der Waals surface area contributed by atoms with E-state index in [-0.39, 0.29) is 11.7 Å². The number of nitrogens with one attached hydrogen (secondary N) is 1. The van der Waals surface area contributed by atoms with Crippen molar-refractivity contribution in [1.82, 2.24) is 4.90 Å². The Hall–Kier alpha value is -1.89. The van der Waals surface area contributed by atoms with Gasteiger partial charge in [0.05, 0.1) is 19.0 Å². The average Bonchev–Trinajstić information content (AvgIpc) is 2.62. The van der Waals surface area contributed by atoms with Gasteiger partial charge in [0, 0.05) is 30.2 Å². The van der Waals surface area contributed by atoms with Gasteiger partial charge in [-0.1, -0.05) is 12.1 Å². The lowest BCUT2D eigenvalue weighted by atomic mass is 10.2. The second kappa shape index (κ2) is 8.99. The van der Waals surface area contributed by atoms with E-state index in [9.17, 15) is 9.18 Å². The van der Waals surface area contributed by atoms with E-state index < -0.39 is 0 Å². The van der Waals surface area contributed by atoms with Crippen molar-refractivity contribution in [1.29, 1.82) is 0 Å². The van der Waals surface area contributed by atoms with E-state index in [2.05, 4.69) is 16.3 Å². The van der Waals surface area contributed by atoms with Crippen molar-refractivity contribution >= 4 is 23.4 Å². The summed E-state index contributed by atoms with van der Waals surface area (Å²) in [6, 6.07) is 14.1. The first kappa shape index (κ1) is 17.9. The Labute approximate surface area is 151 Å². The third kappa shape index (κ3) is 5.85. The number of halogens is 1. The summed E-state index contributed by atoms with van der Waals surface area (Å²) in [4.78, 5) is 15.3. The Morgan fingerprint density at radius 3 is 2.68 bits per heavy atom. The molecule has 3 rings (SSSR count). The van der Waals surface area contributed by atoms with Crippen LogP contribution in [0.1, 0.15) is 5.56 Å². The molecular formula is C19H21FN2O2S. The number of rotatable bonds is 6. The lowest BCUT2D eigenvalue weighted by molar-refractivity contribution is -0.113. The maximum absolute atomic E-state index is 12.9. The normalized spacial score (nSPS) is 15.1. The summed E-state index contributed by atoms with van der Waals surface area (Å²) < 4.78 is 18.2. The summed E-state index contributed by atoms with van der Waals surface area (Å²) in [7, 11) is 0. The van der Waals surface area contributed by atoms with Crippen molar-refractivity contribution in [2.75, 3.05) is 37.4 Å². The smallest absolute Gasteiger partial charge is 0.234 e. The highest BCUT2D eigenvalue weighted by Gasteiger charge is 2.11. The Morgan fingerprint density at radius 2 is 1.92 bits per heavy atom. The minimum absolute atomic E-state index is 0.0714. The molecule has 6 heteroatoms. The fourth-order valence-corrected chi connectivity index (χ4v) is 3.34. The van der Waals surface area contributed by atoms with Crippen LogP contribution in [0.15, 0.2) is 53.4 Å². The monoisotopic (exact) mass is 360 g/mol. The van der Waals surface area contributed by atoms with Gasteiger partial charge in [0.15, 0.2) is 0 Å². The number of benzene rings is 2. The third-order valence-corrected chi connectivity index (χ3v) is 4.92. The van der Waals surface area contributed by atoms with Gasteiger partial charge in [-0.05, 0) is 42.0 Å². The molecular weight excluding hydrogens is 339 g/mol. The molecule has 1 fully saturated rings. The first-order chi connectivity index (χ1) is 12.2. The quantitative estimate of drug-likeness (QED) is 0.802. The predicted molar refractivity (Wildman–Crippen MR) is 98.3 cm³/mol. The number of anilines is 1. The highest BCUT2D eigenvalue weighted by atomic mass is 32.2. The van der Waals surface area contributed by atoms with Gasteiger partial charge in [-0.2, -0.15) is 0 Å². The van der Waals surface area contributed by atoms with Crippen molar-refractivity contribution in [3.05, 3.63) is 59.9 Å². The zero-order valence-corrected chi connectivity index (χ0v) is 14.7. The Kier molecular flexibility index (Phi) is 6.44. The Balaban J connectivity index is 1.50. The number of nitrogens with zero attached hydrogens (tertiary/aromatic N) is 1. The fraction of sp³-hybridized carbons (Fsp3) is 0.316. The van der Waals surface area contributed by atoms with Gasteiger partial charge in [-0.25, -0.2) is 4.39 Å². The Morgan fingerprint density at radius 1 is 1.16 bits per heavy atom. The van der Waals surface area contributed by atoms with Gasteiger partial charge in [0.25, 0.3) is 0 Å². The topological polar surface area (TPSA) is 41.6 Å². The van der Waals surface area contributed by atoms with Crippen LogP contribution >= 0.6 is 11.8 Å². The van der Waals surface area contributed by atoms with Gasteiger partial charge in [0.1, 0.15) is 5.82 Å². The minimum atomic E-state index is -0.272. The summed E-state index contributed by atoms with van der Waals surface area (Å²) in [5.74, 6) is -0.0528. The van der Waals surface area contributed by atoms with Gasteiger partial charge in [-0.15, -0.1) is 11.8 Å². The zero-order valence-electron chi connectivity index (χ0n) is 13.9. The van der Waals surface area contributed by atoms with Crippen LogP contribution in [-0.2, 0) is 16.1 Å². The van der Waals surface area contributed by atoms with Gasteiger partial charge in [0.2, 0.25) is 5.91 Å². The molecule has 0 aromatic heterocycles. The van der Waals surface area contributed by atoms with Crippen molar-refractivity contribution < 1.29 is 13.9 Å². The molecule has 1 N–H and O–H groups in total. The standard InChI is InChI=1S/C19H21FN2O2S/c20-16-4-6-18(7-5-16)25-14-19(23)21-17-3-1-2-15(12-17)13-22-8-10-24-11-9-22/h1-7,12H,8-11,13-14H2,(H,21,23). The highest BCUT2D eigenvalue weighted by molar-refractivity contribution is 8.00. The van der Waals surface area contributed by atoms with Crippen molar-refractivity contribution in [2.45, 2.75) is 11.4 Å². The van der Waals surface area contributed by atoms with E-state index in [1.54, 1.807) is 12.1 Å². The summed E-state index contributed by atoms with van der Waals surface area (Å²) in [6.45, 7) is 4.28. The number of hydrogen-bond donors (Lipinski definition) is 1. The molecule has 0 atom stereocenters. The maximum Gasteiger partial charge on any atom is 0.234 e. The second-order valence-corrected chi connectivity index (χ2v) is 6.93. The molecule has 25 heavy (non-hydrogen) atoms. The maximum atomic E-state index is 12.9. The predicted octanol–water partition coefficient (Wildman–Crippen LogP) is 3.39. The highest BCUT2D eigenvalue weighted by Crippen LogP contribution is 2.19. The van der Waals surface area contributed by atoms with E-state index in [4.69, 9.17) is 4.74 Å². The van der Waals surface area contributed by atoms with E-state index in [0.29, 0.717) is 5.75 Å². The van der Waals surface area contributed by atoms with Crippen LogP contribution in [0.3, 0.4) is 0 Å². The van der Waals surface area contributed by atoms with Crippen molar-refractivity contribution in [3.63, 3.8) is 0 Å². The lowest BCUT2D eigenvalue weighted by Crippen LogP contribution is -2.35. The molecule has 1 heterocycles. The van der Waals surface area contributed by atoms with Gasteiger partial charge < -0.3 is 10.1 Å². The fourth-order valence-electron chi connectivity index (χ4n) is 2.64. The van der Waals surface area contributed by atoms with Crippen LogP contribution in [0.4, 0.5) is 10.1 Å². The summed E-state index contributed by atoms with van der Waals surface area (Å²) in [6.07, 6.45) is 0. The molecule has 1 saturated heterocycles. The molecule has 0 spiro atoms. The van der Waals surface area contributed by atoms with Gasteiger partial charge >= 0.3 is 0 Å². The largest absolute Gasteiger partial charge is 0.379 e. The molecule has 0 radical (unpaired) electrons. The number of ether oxygens (including phenoxy) is 1. The molecule has 2 aromatic rings. The summed E-state index contributed by atoms with van der Waals surface area (Å²) in [5.41, 5.74) is 1.97. The van der Waals surface area contributed by atoms with Crippen LogP contribution in [-0.4, -0.2) is 42.9 Å². The Bertz CT molecular complexity index is 703. The SMILES string of the molecule is O=C(CSc1ccc(F)cc1)Nc1cccc(CN2CCOCC2)c1. The molecule has 1 aliphatic heterocycles. The molecule has 132 valence electrons. The van der Waals surface area contributed by atoms with E-state index in [1.807, 2.05) is 18.2 Å². The molecule has 0 aliphatic carbocycles. The average molecular weight is 360 g/mol. The van der Waals surface area contributed by atoms with Gasteiger partial charge in [-0.3, -0.25) is 9.69 Å². The molecule has 0 saturated carbocycles. The number of thioether (sulfide) groups is 1. The molecule has 0 bridgehead atoms. The number of morpholine rings is 1. The molecule has 1 aliphatic rings. The third-order valence-electron chi connectivity index (χ3n) is 3.90. The van der Waals surface area contributed by atoms with Crippen LogP contribution in [0.5, 0.6) is 0 Å². The van der Waals surface area contributed by atoms with Crippen molar-refractivity contribution in [3.8, 4) is 0 Å². The molecule has 1 amide bonds. The second-order valence-electron chi connectivity index (χ2n) is 5.88. The van der Waals surface area contributed by atoms with E-state index in [0.717, 1.165) is 43.4 Å². The lowest BCUT2D eigenvalue weighted by Gasteiger charge is -2.26. The summed E-state index contributed by atoms with van der Waals surface area (Å²) >= 11 is 1.39. The zero-order chi connectivity index (χ0) is 17.5. The number of amides is 1. The van der Waals surface area contributed by atoms with Crippen LogP contribution in [0.25, 0.3) is 0 Å². The number of carbonyl (C=O) groups excluding carboxylic acids is 1. The van der Waals surface area contributed by atoms with Crippen LogP contribution < -0.4 is 5.32 Å². The van der Waals surface area contributed by atoms with E-state index in [1.165, 1.54) is 29.5 Å². The minimum Gasteiger partial charge on any atom is -0.379 e. The number of carbonyl (C=O) groups is 1. The van der Waals surface area contributed by atoms with Crippen molar-refractivity contribution in [2.24, 2.45) is 0 Å². The molecule has 4 nitrogen and oxygen atoms in total.